The van der Waals surface area contributed by atoms with Crippen LogP contribution in [-0.4, -0.2) is 6.41 Å². The Labute approximate surface area is 30.4 Å². The number of carbonyl (C=O) groups is 1. The van der Waals surface area contributed by atoms with Crippen molar-refractivity contribution in [3.8, 4) is 0 Å². The van der Waals surface area contributed by atoms with Gasteiger partial charge in [0.25, 0.3) is 0 Å². The van der Waals surface area contributed by atoms with Gasteiger partial charge in [0.1, 0.15) is 0 Å². The molecule has 0 bridgehead atoms. The molecule has 0 unspecified atom stereocenters. The van der Waals surface area contributed by atoms with Crippen molar-refractivity contribution in [2.24, 2.45) is 5.73 Å². The van der Waals surface area contributed by atoms with Gasteiger partial charge >= 0.3 is 0 Å². The maximum atomic E-state index is 8.58. The van der Waals surface area contributed by atoms with Crippen LogP contribution in [0.3, 0.4) is 0 Å². The second-order valence-electron chi connectivity index (χ2n) is 0.136. The van der Waals surface area contributed by atoms with Gasteiger partial charge in [-0.2, -0.15) is 0 Å². The van der Waals surface area contributed by atoms with Gasteiger partial charge in [0, 0.05) is 0 Å². The monoisotopic (exact) mass is 81.0 g/mol. The third-order valence-electron chi connectivity index (χ3n) is 0. The van der Waals surface area contributed by atoms with Crippen LogP contribution in [-0.2, 0) is 4.79 Å². The molecule has 0 fully saturated rings. The van der Waals surface area contributed by atoms with E-state index in [1.54, 1.807) is 0 Å². The fourth-order valence-electron chi connectivity index (χ4n) is 0. The number of nitrogens with two attached hydrogens (primary N) is 1. The Kier molecular flexibility index (Phi) is 34.2. The lowest BCUT2D eigenvalue weighted by Crippen LogP contribution is -1.82. The average Bonchev–Trinajstić information content (AvgIpc) is 0.918. The lowest BCUT2D eigenvalue weighted by atomic mass is 11.5. The standard InChI is InChI=1S/CH3NO.ClH/c2-1-3;/h1H,(H2,2,3);1H. The highest BCUT2D eigenvalue weighted by atomic mass is 35.5. The largest absolute Gasteiger partial charge is 0.372 e. The number of halogens is 1. The molecule has 0 saturated carbocycles. The van der Waals surface area contributed by atoms with Crippen LogP contribution in [0.4, 0.5) is 0 Å². The van der Waals surface area contributed by atoms with Crippen LogP contribution in [0.2, 0.25) is 0 Å². The fraction of sp³-hybridized carbons (Fsp3) is 0. The quantitative estimate of drug-likeness (QED) is 0.394. The molecule has 0 spiro atoms. The molecule has 0 rings (SSSR count). The van der Waals surface area contributed by atoms with Gasteiger partial charge in [-0.05, 0) is 0 Å². The Morgan fingerprint density at radius 2 is 1.75 bits per heavy atom. The van der Waals surface area contributed by atoms with Crippen molar-refractivity contribution in [3.05, 3.63) is 0 Å². The zero-order chi connectivity index (χ0) is 2.71. The van der Waals surface area contributed by atoms with E-state index in [1.165, 1.54) is 0 Å². The lowest BCUT2D eigenvalue weighted by molar-refractivity contribution is -0.106. The summed E-state index contributed by atoms with van der Waals surface area (Å²) in [5.41, 5.74) is 4.17. The molecule has 0 saturated heterocycles. The molecule has 4 heavy (non-hydrogen) atoms. The summed E-state index contributed by atoms with van der Waals surface area (Å²) in [4.78, 5) is 8.58. The van der Waals surface area contributed by atoms with Crippen molar-refractivity contribution in [1.82, 2.24) is 0 Å². The van der Waals surface area contributed by atoms with E-state index in [9.17, 15) is 0 Å². The Bertz CT molecular complexity index is 15.5. The van der Waals surface area contributed by atoms with Crippen LogP contribution in [0, 0.1) is 0 Å². The molecule has 0 heterocycles. The molecule has 2 nitrogen and oxygen atoms in total. The van der Waals surface area contributed by atoms with E-state index in [0.29, 0.717) is 0 Å². The Morgan fingerprint density at radius 1 is 1.75 bits per heavy atom. The Morgan fingerprint density at radius 3 is 1.75 bits per heavy atom. The minimum absolute atomic E-state index is 0. The minimum Gasteiger partial charge on any atom is -0.372 e. The summed E-state index contributed by atoms with van der Waals surface area (Å²) < 4.78 is 0. The predicted octanol–water partition coefficient (Wildman–Crippen LogP) is -0.477. The van der Waals surface area contributed by atoms with E-state index >= 15 is 0 Å². The van der Waals surface area contributed by atoms with Gasteiger partial charge < -0.3 is 5.73 Å². The maximum Gasteiger partial charge on any atom is 0.204 e. The summed E-state index contributed by atoms with van der Waals surface area (Å²) in [6, 6.07) is 0. The van der Waals surface area contributed by atoms with Crippen LogP contribution in [0.15, 0.2) is 0 Å². The van der Waals surface area contributed by atoms with E-state index in [-0.39, 0.29) is 18.8 Å². The highest BCUT2D eigenvalue weighted by Gasteiger charge is 1.19. The van der Waals surface area contributed by atoms with Gasteiger partial charge in [-0.1, -0.05) is 0 Å². The summed E-state index contributed by atoms with van der Waals surface area (Å²) in [5, 5.41) is 0. The molecule has 1 amide bonds. The van der Waals surface area contributed by atoms with Crippen molar-refractivity contribution >= 4 is 18.8 Å². The average molecular weight is 81.5 g/mol. The molecule has 0 radical (unpaired) electrons. The first-order valence-electron chi connectivity index (χ1n) is 0.569. The SMILES string of the molecule is Cl.NC=O. The molecular weight excluding hydrogens is 77.5 g/mol. The molecule has 0 aromatic rings. The zero-order valence-electron chi connectivity index (χ0n) is 1.97. The number of rotatable bonds is 0. The van der Waals surface area contributed by atoms with Gasteiger partial charge in [0.2, 0.25) is 6.41 Å². The summed E-state index contributed by atoms with van der Waals surface area (Å²) in [6.45, 7) is 0. The first kappa shape index (κ1) is 9.25. The van der Waals surface area contributed by atoms with Crippen molar-refractivity contribution in [2.75, 3.05) is 0 Å². The van der Waals surface area contributed by atoms with Crippen LogP contribution in [0.1, 0.15) is 0 Å². The number of amides is 1. The smallest absolute Gasteiger partial charge is 0.204 e. The van der Waals surface area contributed by atoms with Crippen LogP contribution >= 0.6 is 12.4 Å². The second-order valence-corrected chi connectivity index (χ2v) is 0.136. The van der Waals surface area contributed by atoms with E-state index < -0.39 is 0 Å². The van der Waals surface area contributed by atoms with Crippen LogP contribution in [0.5, 0.6) is 0 Å². The summed E-state index contributed by atoms with van der Waals surface area (Å²) in [5.74, 6) is 0. The predicted molar refractivity (Wildman–Crippen MR) is 17.5 cm³/mol. The maximum absolute atomic E-state index is 8.58. The van der Waals surface area contributed by atoms with Crippen molar-refractivity contribution in [2.45, 2.75) is 0 Å². The molecule has 0 aromatic carbocycles. The highest BCUT2D eigenvalue weighted by Crippen LogP contribution is 0.798. The molecule has 3 heteroatoms. The number of hydrogen-bond donors (Lipinski definition) is 1. The van der Waals surface area contributed by atoms with Crippen LogP contribution in [0.25, 0.3) is 0 Å². The normalized spacial score (nSPS) is 3.00. The number of primary amides is 1. The molecule has 0 aliphatic rings. The van der Waals surface area contributed by atoms with E-state index in [0.717, 1.165) is 0 Å². The van der Waals surface area contributed by atoms with E-state index in [4.69, 9.17) is 4.79 Å². The molecule has 0 aromatic heterocycles. The topological polar surface area (TPSA) is 43.1 Å². The summed E-state index contributed by atoms with van der Waals surface area (Å²) >= 11 is 0. The lowest BCUT2D eigenvalue weighted by Gasteiger charge is -1.32. The van der Waals surface area contributed by atoms with Crippen molar-refractivity contribution in [3.63, 3.8) is 0 Å². The fourth-order valence-corrected chi connectivity index (χ4v) is 0. The molecule has 0 aliphatic heterocycles. The molecule has 0 aliphatic carbocycles. The Balaban J connectivity index is 0. The third kappa shape index (κ3) is 17.6. The van der Waals surface area contributed by atoms with Gasteiger partial charge in [-0.15, -0.1) is 12.4 Å². The van der Waals surface area contributed by atoms with Crippen molar-refractivity contribution in [1.29, 1.82) is 0 Å². The van der Waals surface area contributed by atoms with E-state index in [1.807, 2.05) is 0 Å². The number of carbonyl (C=O) groups excluding carboxylic acids is 1. The van der Waals surface area contributed by atoms with Gasteiger partial charge in [0.15, 0.2) is 0 Å². The first-order chi connectivity index (χ1) is 1.41. The Hall–Kier alpha value is -0.240. The first-order valence-corrected chi connectivity index (χ1v) is 0.569. The van der Waals surface area contributed by atoms with Gasteiger partial charge in [0.05, 0.1) is 0 Å². The zero-order valence-corrected chi connectivity index (χ0v) is 2.79. The summed E-state index contributed by atoms with van der Waals surface area (Å²) in [7, 11) is 0. The number of hydrogen-bond acceptors (Lipinski definition) is 1. The molecule has 0 atom stereocenters. The van der Waals surface area contributed by atoms with E-state index in [2.05, 4.69) is 5.73 Å². The summed E-state index contributed by atoms with van der Waals surface area (Å²) in [6.07, 6.45) is 0.250. The van der Waals surface area contributed by atoms with Crippen LogP contribution < -0.4 is 5.73 Å². The molecular formula is CH4ClNO. The molecule has 26 valence electrons. The second kappa shape index (κ2) is 14.8. The highest BCUT2D eigenvalue weighted by molar-refractivity contribution is 5.85. The minimum atomic E-state index is 0. The van der Waals surface area contributed by atoms with Gasteiger partial charge in [-0.3, -0.25) is 4.79 Å². The molecule has 2 N–H and O–H groups in total. The van der Waals surface area contributed by atoms with Gasteiger partial charge in [-0.25, -0.2) is 0 Å². The van der Waals surface area contributed by atoms with Crippen molar-refractivity contribution < 1.29 is 4.79 Å². The third-order valence-corrected chi connectivity index (χ3v) is 0.